The molecule has 1 saturated heterocycles. The molecule has 0 aromatic rings. The van der Waals surface area contributed by atoms with Crippen molar-refractivity contribution in [3.63, 3.8) is 0 Å². The molecule has 2 nitrogen and oxygen atoms in total. The zero-order valence-electron chi connectivity index (χ0n) is 11.0. The molecule has 96 valence electrons. The maximum absolute atomic E-state index is 9.11. The van der Waals surface area contributed by atoms with Gasteiger partial charge in [-0.3, -0.25) is 0 Å². The summed E-state index contributed by atoms with van der Waals surface area (Å²) in [6.07, 6.45) is 10.5. The monoisotopic (exact) mass is 228 g/mol. The predicted molar refractivity (Wildman–Crippen MR) is 67.5 cm³/mol. The Morgan fingerprint density at radius 1 is 1.19 bits per heavy atom. The lowest BCUT2D eigenvalue weighted by Gasteiger charge is -2.07. The number of hydrogen-bond donors (Lipinski definition) is 1. The van der Waals surface area contributed by atoms with Gasteiger partial charge in [0.2, 0.25) is 0 Å². The summed E-state index contributed by atoms with van der Waals surface area (Å²) >= 11 is 0. The lowest BCUT2D eigenvalue weighted by Crippen LogP contribution is -2.00. The number of hydrogen-bond acceptors (Lipinski definition) is 2. The van der Waals surface area contributed by atoms with Gasteiger partial charge in [0, 0.05) is 6.61 Å². The maximum Gasteiger partial charge on any atom is 0.0550 e. The Hall–Kier alpha value is -0.0800. The molecule has 1 heterocycles. The minimum atomic E-state index is -0.114. The van der Waals surface area contributed by atoms with Crippen molar-refractivity contribution in [1.82, 2.24) is 0 Å². The van der Waals surface area contributed by atoms with Crippen LogP contribution < -0.4 is 0 Å². The molecule has 0 aromatic carbocycles. The first kappa shape index (κ1) is 14.0. The highest BCUT2D eigenvalue weighted by Gasteiger charge is 2.20. The molecule has 1 fully saturated rings. The van der Waals surface area contributed by atoms with Crippen LogP contribution in [-0.4, -0.2) is 23.9 Å². The van der Waals surface area contributed by atoms with E-state index in [1.807, 2.05) is 6.92 Å². The second-order valence-corrected chi connectivity index (χ2v) is 5.44. The van der Waals surface area contributed by atoms with Crippen LogP contribution in [0.3, 0.4) is 0 Å². The summed E-state index contributed by atoms with van der Waals surface area (Å²) < 4.78 is 5.56. The molecule has 3 atom stereocenters. The van der Waals surface area contributed by atoms with E-state index in [4.69, 9.17) is 9.84 Å². The van der Waals surface area contributed by atoms with E-state index < -0.39 is 0 Å². The standard InChI is InChI=1S/C14H28O2/c1-12(15)8-6-4-3-5-7-9-14-10-13(2)16-11-14/h12-15H,3-11H2,1-2H3. The van der Waals surface area contributed by atoms with Crippen molar-refractivity contribution in [2.24, 2.45) is 5.92 Å². The van der Waals surface area contributed by atoms with Crippen molar-refractivity contribution < 1.29 is 9.84 Å². The second-order valence-electron chi connectivity index (χ2n) is 5.44. The van der Waals surface area contributed by atoms with Crippen LogP contribution in [-0.2, 0) is 4.74 Å². The molecular weight excluding hydrogens is 200 g/mol. The SMILES string of the molecule is CC(O)CCCCCCCC1COC(C)C1. The van der Waals surface area contributed by atoms with Gasteiger partial charge < -0.3 is 9.84 Å². The molecule has 0 spiro atoms. The van der Waals surface area contributed by atoms with E-state index in [0.717, 1.165) is 18.9 Å². The van der Waals surface area contributed by atoms with E-state index in [0.29, 0.717) is 6.10 Å². The van der Waals surface area contributed by atoms with E-state index in [-0.39, 0.29) is 6.10 Å². The largest absolute Gasteiger partial charge is 0.393 e. The Morgan fingerprint density at radius 2 is 1.88 bits per heavy atom. The summed E-state index contributed by atoms with van der Waals surface area (Å²) in [5, 5.41) is 9.11. The van der Waals surface area contributed by atoms with Gasteiger partial charge in [0.05, 0.1) is 12.2 Å². The number of aliphatic hydroxyl groups excluding tert-OH is 1. The van der Waals surface area contributed by atoms with Gasteiger partial charge in [-0.15, -0.1) is 0 Å². The van der Waals surface area contributed by atoms with Crippen molar-refractivity contribution in [2.75, 3.05) is 6.61 Å². The summed E-state index contributed by atoms with van der Waals surface area (Å²) in [5.41, 5.74) is 0. The fraction of sp³-hybridized carbons (Fsp3) is 1.00. The van der Waals surface area contributed by atoms with Gasteiger partial charge in [0.15, 0.2) is 0 Å². The van der Waals surface area contributed by atoms with Gasteiger partial charge in [0.1, 0.15) is 0 Å². The van der Waals surface area contributed by atoms with Crippen LogP contribution in [0.1, 0.15) is 65.2 Å². The minimum Gasteiger partial charge on any atom is -0.393 e. The lowest BCUT2D eigenvalue weighted by atomic mass is 9.98. The number of unbranched alkanes of at least 4 members (excludes halogenated alkanes) is 4. The Kier molecular flexibility index (Phi) is 7.06. The molecular formula is C14H28O2. The summed E-state index contributed by atoms with van der Waals surface area (Å²) in [4.78, 5) is 0. The van der Waals surface area contributed by atoms with Crippen LogP contribution in [0, 0.1) is 5.92 Å². The Bertz CT molecular complexity index is 168. The smallest absolute Gasteiger partial charge is 0.0550 e. The molecule has 1 aliphatic rings. The molecule has 0 radical (unpaired) electrons. The zero-order valence-corrected chi connectivity index (χ0v) is 11.0. The highest BCUT2D eigenvalue weighted by molar-refractivity contribution is 4.70. The summed E-state index contributed by atoms with van der Waals surface area (Å²) in [6.45, 7) is 5.04. The zero-order chi connectivity index (χ0) is 11.8. The number of rotatable bonds is 8. The third kappa shape index (κ3) is 6.49. The van der Waals surface area contributed by atoms with Crippen molar-refractivity contribution in [3.05, 3.63) is 0 Å². The third-order valence-electron chi connectivity index (χ3n) is 3.52. The molecule has 1 N–H and O–H groups in total. The van der Waals surface area contributed by atoms with Crippen molar-refractivity contribution in [2.45, 2.75) is 77.4 Å². The fourth-order valence-electron chi connectivity index (χ4n) is 2.51. The lowest BCUT2D eigenvalue weighted by molar-refractivity contribution is 0.119. The summed E-state index contributed by atoms with van der Waals surface area (Å²) in [7, 11) is 0. The van der Waals surface area contributed by atoms with Crippen molar-refractivity contribution in [3.8, 4) is 0 Å². The maximum atomic E-state index is 9.11. The average molecular weight is 228 g/mol. The molecule has 0 bridgehead atoms. The van der Waals surface area contributed by atoms with Gasteiger partial charge in [-0.05, 0) is 39.0 Å². The molecule has 0 amide bonds. The molecule has 0 saturated carbocycles. The molecule has 3 unspecified atom stereocenters. The molecule has 1 aliphatic heterocycles. The molecule has 0 aromatic heterocycles. The highest BCUT2D eigenvalue weighted by atomic mass is 16.5. The first-order valence-corrected chi connectivity index (χ1v) is 6.98. The number of aliphatic hydroxyl groups is 1. The van der Waals surface area contributed by atoms with Crippen LogP contribution in [0.5, 0.6) is 0 Å². The van der Waals surface area contributed by atoms with E-state index in [1.54, 1.807) is 0 Å². The number of ether oxygens (including phenoxy) is 1. The van der Waals surface area contributed by atoms with Crippen LogP contribution in [0.15, 0.2) is 0 Å². The molecule has 16 heavy (non-hydrogen) atoms. The highest BCUT2D eigenvalue weighted by Crippen LogP contribution is 2.24. The molecule has 1 rings (SSSR count). The van der Waals surface area contributed by atoms with Crippen LogP contribution in [0.4, 0.5) is 0 Å². The normalized spacial score (nSPS) is 27.2. The van der Waals surface area contributed by atoms with Gasteiger partial charge in [-0.2, -0.15) is 0 Å². The van der Waals surface area contributed by atoms with Crippen LogP contribution >= 0.6 is 0 Å². The first-order valence-electron chi connectivity index (χ1n) is 6.98. The Labute approximate surface area is 100 Å². The second kappa shape index (κ2) is 8.08. The van der Waals surface area contributed by atoms with Gasteiger partial charge >= 0.3 is 0 Å². The fourth-order valence-corrected chi connectivity index (χ4v) is 2.51. The quantitative estimate of drug-likeness (QED) is 0.644. The summed E-state index contributed by atoms with van der Waals surface area (Å²) in [5.74, 6) is 0.826. The van der Waals surface area contributed by atoms with Gasteiger partial charge in [0.25, 0.3) is 0 Å². The van der Waals surface area contributed by atoms with E-state index in [2.05, 4.69) is 6.92 Å². The van der Waals surface area contributed by atoms with Gasteiger partial charge in [-0.1, -0.05) is 32.1 Å². The third-order valence-corrected chi connectivity index (χ3v) is 3.52. The topological polar surface area (TPSA) is 29.5 Å². The predicted octanol–water partition coefficient (Wildman–Crippen LogP) is 3.52. The van der Waals surface area contributed by atoms with Crippen molar-refractivity contribution >= 4 is 0 Å². The van der Waals surface area contributed by atoms with Crippen LogP contribution in [0.25, 0.3) is 0 Å². The van der Waals surface area contributed by atoms with E-state index >= 15 is 0 Å². The Balaban J connectivity index is 1.81. The Morgan fingerprint density at radius 3 is 2.50 bits per heavy atom. The van der Waals surface area contributed by atoms with E-state index in [9.17, 15) is 0 Å². The average Bonchev–Trinajstić information content (AvgIpc) is 2.62. The molecule has 2 heteroatoms. The van der Waals surface area contributed by atoms with E-state index in [1.165, 1.54) is 44.9 Å². The summed E-state index contributed by atoms with van der Waals surface area (Å²) in [6, 6.07) is 0. The molecule has 0 aliphatic carbocycles. The van der Waals surface area contributed by atoms with Gasteiger partial charge in [-0.25, -0.2) is 0 Å². The van der Waals surface area contributed by atoms with Crippen LogP contribution in [0.2, 0.25) is 0 Å². The van der Waals surface area contributed by atoms with Crippen molar-refractivity contribution in [1.29, 1.82) is 0 Å². The first-order chi connectivity index (χ1) is 7.68. The minimum absolute atomic E-state index is 0.114.